The number of carboxylic acids is 1. The zero-order chi connectivity index (χ0) is 11.1. The lowest BCUT2D eigenvalue weighted by Gasteiger charge is -1.93. The molecule has 1 aliphatic carbocycles. The number of carbonyl (C=O) groups is 1. The van der Waals surface area contributed by atoms with E-state index in [1.54, 1.807) is 24.4 Å². The zero-order valence-electron chi connectivity index (χ0n) is 8.04. The van der Waals surface area contributed by atoms with Crippen molar-refractivity contribution in [3.63, 3.8) is 0 Å². The molecule has 2 aliphatic rings. The van der Waals surface area contributed by atoms with E-state index in [1.807, 2.05) is 0 Å². The molecule has 0 unspecified atom stereocenters. The summed E-state index contributed by atoms with van der Waals surface area (Å²) >= 11 is 0. The molecule has 3 rings (SSSR count). The normalized spacial score (nSPS) is 11.0. The highest BCUT2D eigenvalue weighted by molar-refractivity contribution is 6.04. The van der Waals surface area contributed by atoms with E-state index in [-0.39, 0.29) is 5.56 Å². The van der Waals surface area contributed by atoms with Gasteiger partial charge in [0.05, 0.1) is 23.0 Å². The molecule has 1 N–H and O–H groups in total. The Morgan fingerprint density at radius 3 is 3.00 bits per heavy atom. The molecule has 0 radical (unpaired) electrons. The molecule has 5 heteroatoms. The van der Waals surface area contributed by atoms with Gasteiger partial charge in [-0.1, -0.05) is 11.2 Å². The number of aromatic carboxylic acids is 1. The molecule has 1 aliphatic heterocycles. The van der Waals surface area contributed by atoms with E-state index in [2.05, 4.69) is 10.1 Å². The van der Waals surface area contributed by atoms with Gasteiger partial charge in [-0.05, 0) is 12.1 Å². The Morgan fingerprint density at radius 2 is 2.19 bits per heavy atom. The van der Waals surface area contributed by atoms with Crippen LogP contribution in [0.15, 0.2) is 35.1 Å². The van der Waals surface area contributed by atoms with E-state index in [4.69, 9.17) is 9.63 Å². The molecule has 16 heavy (non-hydrogen) atoms. The number of carboxylic acid groups (broad SMARTS) is 1. The molecule has 0 aromatic carbocycles. The largest absolute Gasteiger partial charge is 0.478 e. The van der Waals surface area contributed by atoms with Crippen LogP contribution in [0.25, 0.3) is 22.2 Å². The van der Waals surface area contributed by atoms with E-state index in [1.165, 1.54) is 6.20 Å². The third kappa shape index (κ3) is 1.08. The van der Waals surface area contributed by atoms with E-state index in [0.717, 1.165) is 5.39 Å². The third-order valence-electron chi connectivity index (χ3n) is 2.44. The molecule has 0 saturated heterocycles. The van der Waals surface area contributed by atoms with E-state index >= 15 is 0 Å². The Balaban J connectivity index is 2.51. The van der Waals surface area contributed by atoms with Crippen LogP contribution in [-0.2, 0) is 0 Å². The Kier molecular flexibility index (Phi) is 1.67. The van der Waals surface area contributed by atoms with Crippen LogP contribution in [0.4, 0.5) is 0 Å². The van der Waals surface area contributed by atoms with Crippen molar-refractivity contribution in [2.75, 3.05) is 0 Å². The number of hydrogen-bond donors (Lipinski definition) is 1. The van der Waals surface area contributed by atoms with Gasteiger partial charge in [-0.15, -0.1) is 0 Å². The summed E-state index contributed by atoms with van der Waals surface area (Å²) in [5.74, 6) is -1.02. The first-order chi connectivity index (χ1) is 7.77. The molecular weight excluding hydrogens is 208 g/mol. The number of fused-ring (bicyclic) bond motifs is 3. The Labute approximate surface area is 89.7 Å². The van der Waals surface area contributed by atoms with Crippen molar-refractivity contribution < 1.29 is 14.4 Å². The van der Waals surface area contributed by atoms with Gasteiger partial charge in [-0.3, -0.25) is 4.98 Å². The van der Waals surface area contributed by atoms with Crippen LogP contribution in [0.5, 0.6) is 0 Å². The fraction of sp³-hybridized carbons (Fsp3) is 0. The summed E-state index contributed by atoms with van der Waals surface area (Å²) < 4.78 is 5.09. The van der Waals surface area contributed by atoms with Gasteiger partial charge < -0.3 is 9.63 Å². The molecular formula is C11H6N2O3. The molecule has 1 aromatic rings. The van der Waals surface area contributed by atoms with Gasteiger partial charge in [0.25, 0.3) is 0 Å². The topological polar surface area (TPSA) is 76.2 Å². The van der Waals surface area contributed by atoms with E-state index < -0.39 is 5.97 Å². The highest BCUT2D eigenvalue weighted by Gasteiger charge is 2.20. The quantitative estimate of drug-likeness (QED) is 0.670. The molecule has 2 heterocycles. The minimum absolute atomic E-state index is 0.132. The summed E-state index contributed by atoms with van der Waals surface area (Å²) in [6.07, 6.45) is 2.88. The number of hydrogen-bond acceptors (Lipinski definition) is 4. The SMILES string of the molecule is O=C(O)c1cnc2cccc3cnoc3c1-2. The lowest BCUT2D eigenvalue weighted by molar-refractivity contribution is 0.0698. The lowest BCUT2D eigenvalue weighted by atomic mass is 10.1. The second-order valence-corrected chi connectivity index (χ2v) is 3.37. The average Bonchev–Trinajstić information content (AvgIpc) is 2.82. The second-order valence-electron chi connectivity index (χ2n) is 3.37. The summed E-state index contributed by atoms with van der Waals surface area (Å²) in [6.45, 7) is 0. The molecule has 0 amide bonds. The summed E-state index contributed by atoms with van der Waals surface area (Å²) in [4.78, 5) is 15.1. The number of rotatable bonds is 1. The van der Waals surface area contributed by atoms with E-state index in [9.17, 15) is 4.79 Å². The van der Waals surface area contributed by atoms with E-state index in [0.29, 0.717) is 16.8 Å². The lowest BCUT2D eigenvalue weighted by Crippen LogP contribution is -1.94. The van der Waals surface area contributed by atoms with Gasteiger partial charge in [0.15, 0.2) is 5.58 Å². The first kappa shape index (κ1) is 8.84. The van der Waals surface area contributed by atoms with Crippen LogP contribution in [0.2, 0.25) is 0 Å². The van der Waals surface area contributed by atoms with Crippen LogP contribution in [0.3, 0.4) is 0 Å². The summed E-state index contributed by atoms with van der Waals surface area (Å²) in [7, 11) is 0. The van der Waals surface area contributed by atoms with Gasteiger partial charge in [0, 0.05) is 11.6 Å². The molecule has 1 aromatic heterocycles. The third-order valence-corrected chi connectivity index (χ3v) is 2.44. The monoisotopic (exact) mass is 214 g/mol. The maximum absolute atomic E-state index is 11.0. The summed E-state index contributed by atoms with van der Waals surface area (Å²) in [5, 5.41) is 13.5. The maximum Gasteiger partial charge on any atom is 0.338 e. The molecule has 78 valence electrons. The van der Waals surface area contributed by atoms with Crippen molar-refractivity contribution in [2.45, 2.75) is 0 Å². The van der Waals surface area contributed by atoms with Gasteiger partial charge in [-0.2, -0.15) is 0 Å². The van der Waals surface area contributed by atoms with Gasteiger partial charge in [0.1, 0.15) is 0 Å². The number of aromatic nitrogens is 2. The van der Waals surface area contributed by atoms with Crippen molar-refractivity contribution in [1.29, 1.82) is 0 Å². The van der Waals surface area contributed by atoms with Crippen molar-refractivity contribution in [1.82, 2.24) is 10.1 Å². The Morgan fingerprint density at radius 1 is 1.31 bits per heavy atom. The highest BCUT2D eigenvalue weighted by Crippen LogP contribution is 2.31. The van der Waals surface area contributed by atoms with Crippen LogP contribution < -0.4 is 0 Å². The Bertz CT molecular complexity index is 659. The first-order valence-corrected chi connectivity index (χ1v) is 4.63. The minimum atomic E-state index is -1.02. The van der Waals surface area contributed by atoms with Crippen LogP contribution >= 0.6 is 0 Å². The van der Waals surface area contributed by atoms with Crippen molar-refractivity contribution >= 4 is 16.9 Å². The average molecular weight is 214 g/mol. The van der Waals surface area contributed by atoms with Crippen LogP contribution in [-0.4, -0.2) is 21.2 Å². The van der Waals surface area contributed by atoms with Gasteiger partial charge in [-0.25, -0.2) is 4.79 Å². The molecule has 0 spiro atoms. The van der Waals surface area contributed by atoms with Crippen molar-refractivity contribution in [2.24, 2.45) is 0 Å². The summed E-state index contributed by atoms with van der Waals surface area (Å²) in [5.41, 5.74) is 1.66. The standard InChI is InChI=1S/C11H6N2O3/c14-11(15)7-5-12-8-3-1-2-6-4-13-16-10(6)9(7)8/h1-5H,(H,14,15). The molecule has 0 fully saturated rings. The predicted molar refractivity (Wildman–Crippen MR) is 55.4 cm³/mol. The predicted octanol–water partition coefficient (Wildman–Crippen LogP) is 2.03. The van der Waals surface area contributed by atoms with Crippen LogP contribution in [0.1, 0.15) is 10.4 Å². The van der Waals surface area contributed by atoms with Gasteiger partial charge >= 0.3 is 5.97 Å². The van der Waals surface area contributed by atoms with Crippen LogP contribution in [0, 0.1) is 0 Å². The van der Waals surface area contributed by atoms with Crippen molar-refractivity contribution in [3.8, 4) is 11.3 Å². The van der Waals surface area contributed by atoms with Crippen molar-refractivity contribution in [3.05, 3.63) is 36.2 Å². The first-order valence-electron chi connectivity index (χ1n) is 4.63. The smallest absolute Gasteiger partial charge is 0.338 e. The molecule has 5 nitrogen and oxygen atoms in total. The number of nitrogens with zero attached hydrogens (tertiary/aromatic N) is 2. The Hall–Kier alpha value is -2.43. The summed E-state index contributed by atoms with van der Waals surface area (Å²) in [6, 6.07) is 5.34. The second kappa shape index (κ2) is 3.03. The zero-order valence-corrected chi connectivity index (χ0v) is 8.04. The fourth-order valence-corrected chi connectivity index (χ4v) is 1.73. The maximum atomic E-state index is 11.0. The fourth-order valence-electron chi connectivity index (χ4n) is 1.73. The minimum Gasteiger partial charge on any atom is -0.478 e. The van der Waals surface area contributed by atoms with Gasteiger partial charge in [0.2, 0.25) is 0 Å². The molecule has 0 bridgehead atoms. The molecule has 0 atom stereocenters. The highest BCUT2D eigenvalue weighted by atomic mass is 16.5. The molecule has 0 saturated carbocycles.